The van der Waals surface area contributed by atoms with E-state index in [2.05, 4.69) is 12.1 Å². The van der Waals surface area contributed by atoms with Crippen LogP contribution in [0.5, 0.6) is 0 Å². The van der Waals surface area contributed by atoms with E-state index in [1.54, 1.807) is 28.8 Å². The number of aromatic nitrogens is 1. The van der Waals surface area contributed by atoms with Crippen LogP contribution in [0.2, 0.25) is 10.0 Å². The van der Waals surface area contributed by atoms with Crippen molar-refractivity contribution >= 4 is 40.8 Å². The van der Waals surface area contributed by atoms with Gasteiger partial charge in [-0.1, -0.05) is 59.6 Å². The highest BCUT2D eigenvalue weighted by Gasteiger charge is 2.18. The van der Waals surface area contributed by atoms with Crippen LogP contribution in [0.3, 0.4) is 0 Å². The quantitative estimate of drug-likeness (QED) is 0.563. The van der Waals surface area contributed by atoms with Gasteiger partial charge >= 0.3 is 5.97 Å². The predicted octanol–water partition coefficient (Wildman–Crippen LogP) is 5.58. The minimum absolute atomic E-state index is 0.0789. The van der Waals surface area contributed by atoms with E-state index in [1.165, 1.54) is 17.2 Å². The number of nitrogens with zero attached hydrogens (tertiary/aromatic N) is 1. The van der Waals surface area contributed by atoms with E-state index in [-0.39, 0.29) is 16.1 Å². The first-order valence-corrected chi connectivity index (χ1v) is 10.4. The molecule has 0 bridgehead atoms. The van der Waals surface area contributed by atoms with Crippen molar-refractivity contribution in [1.82, 2.24) is 4.57 Å². The van der Waals surface area contributed by atoms with Crippen molar-refractivity contribution in [3.63, 3.8) is 0 Å². The summed E-state index contributed by atoms with van der Waals surface area (Å²) in [6.45, 7) is 0.381. The lowest BCUT2D eigenvalue weighted by Gasteiger charge is -2.14. The number of rotatable bonds is 5. The average Bonchev–Trinajstić information content (AvgIpc) is 3.15. The summed E-state index contributed by atoms with van der Waals surface area (Å²) in [5.74, 6) is -0.967. The largest absolute Gasteiger partial charge is 0.478 e. The molecule has 2 aromatic carbocycles. The summed E-state index contributed by atoms with van der Waals surface area (Å²) < 4.78 is 1.60. The van der Waals surface area contributed by atoms with Gasteiger partial charge in [-0.05, 0) is 65.8 Å². The molecular weight excluding hydrogens is 421 g/mol. The van der Waals surface area contributed by atoms with Gasteiger partial charge in [0.25, 0.3) is 5.56 Å². The number of aryl methyl sites for hydroxylation is 2. The number of hydrogen-bond donors (Lipinski definition) is 1. The van der Waals surface area contributed by atoms with Crippen LogP contribution in [0, 0.1) is 0 Å². The molecule has 0 unspecified atom stereocenters. The topological polar surface area (TPSA) is 59.3 Å². The Balaban J connectivity index is 1.69. The van der Waals surface area contributed by atoms with Crippen molar-refractivity contribution in [2.75, 3.05) is 0 Å². The fourth-order valence-electron chi connectivity index (χ4n) is 3.81. The summed E-state index contributed by atoms with van der Waals surface area (Å²) >= 11 is 12.6. The Morgan fingerprint density at radius 3 is 2.50 bits per heavy atom. The highest BCUT2D eigenvalue weighted by molar-refractivity contribution is 6.35. The van der Waals surface area contributed by atoms with Crippen LogP contribution in [-0.4, -0.2) is 15.6 Å². The van der Waals surface area contributed by atoms with Crippen LogP contribution < -0.4 is 5.56 Å². The van der Waals surface area contributed by atoms with Crippen molar-refractivity contribution in [3.8, 4) is 0 Å². The molecule has 1 N–H and O–H groups in total. The Hall–Kier alpha value is -2.82. The van der Waals surface area contributed by atoms with E-state index in [0.717, 1.165) is 24.0 Å². The number of benzene rings is 2. The molecule has 1 aliphatic rings. The summed E-state index contributed by atoms with van der Waals surface area (Å²) in [7, 11) is 0. The second kappa shape index (κ2) is 8.50. The molecule has 0 aliphatic heterocycles. The third kappa shape index (κ3) is 4.07. The Bertz CT molecular complexity index is 1210. The molecule has 152 valence electrons. The van der Waals surface area contributed by atoms with E-state index in [0.29, 0.717) is 23.7 Å². The molecule has 0 atom stereocenters. The molecule has 0 saturated heterocycles. The van der Waals surface area contributed by atoms with Gasteiger partial charge in [0.15, 0.2) is 0 Å². The molecule has 30 heavy (non-hydrogen) atoms. The van der Waals surface area contributed by atoms with Crippen LogP contribution in [0.15, 0.2) is 59.4 Å². The number of carboxylic acid groups (broad SMARTS) is 1. The number of hydrogen-bond acceptors (Lipinski definition) is 2. The molecule has 0 amide bonds. The number of carbonyl (C=O) groups is 1. The number of pyridine rings is 1. The van der Waals surface area contributed by atoms with Crippen molar-refractivity contribution in [1.29, 1.82) is 0 Å². The lowest BCUT2D eigenvalue weighted by molar-refractivity contribution is 0.0697. The summed E-state index contributed by atoms with van der Waals surface area (Å²) in [4.78, 5) is 23.8. The van der Waals surface area contributed by atoms with Crippen LogP contribution in [0.1, 0.15) is 39.2 Å². The summed E-state index contributed by atoms with van der Waals surface area (Å²) in [6.07, 6.45) is 4.39. The lowest BCUT2D eigenvalue weighted by atomic mass is 10.1. The third-order valence-electron chi connectivity index (χ3n) is 5.40. The maximum atomic E-state index is 12.8. The van der Waals surface area contributed by atoms with E-state index in [1.807, 2.05) is 18.2 Å². The zero-order valence-electron chi connectivity index (χ0n) is 16.1. The fourth-order valence-corrected chi connectivity index (χ4v) is 4.34. The molecule has 0 radical (unpaired) electrons. The van der Waals surface area contributed by atoms with Gasteiger partial charge in [0.2, 0.25) is 0 Å². The maximum absolute atomic E-state index is 12.8. The average molecular weight is 440 g/mol. The molecule has 1 aromatic heterocycles. The Morgan fingerprint density at radius 2 is 1.77 bits per heavy atom. The van der Waals surface area contributed by atoms with Crippen molar-refractivity contribution in [2.24, 2.45) is 0 Å². The first-order chi connectivity index (χ1) is 14.4. The molecule has 1 heterocycles. The number of carboxylic acids is 1. The minimum Gasteiger partial charge on any atom is -0.478 e. The molecule has 1 aliphatic carbocycles. The molecular formula is C24H19Cl2NO3. The van der Waals surface area contributed by atoms with Gasteiger partial charge in [-0.2, -0.15) is 0 Å². The van der Waals surface area contributed by atoms with Crippen LogP contribution in [0.4, 0.5) is 0 Å². The summed E-state index contributed by atoms with van der Waals surface area (Å²) in [5.41, 5.74) is 5.13. The zero-order chi connectivity index (χ0) is 21.3. The van der Waals surface area contributed by atoms with Crippen LogP contribution in [0.25, 0.3) is 11.6 Å². The molecule has 4 nitrogen and oxygen atoms in total. The van der Waals surface area contributed by atoms with Crippen molar-refractivity contribution in [2.45, 2.75) is 25.8 Å². The van der Waals surface area contributed by atoms with E-state index >= 15 is 0 Å². The first-order valence-electron chi connectivity index (χ1n) is 9.64. The standard InChI is InChI=1S/C24H19Cl2NO3/c25-20-14-21(26)23(28)27(12-11-15-5-7-17(8-6-15)24(29)30)22(20)13-18-10-9-16-3-1-2-4-19(16)18/h1-8,13-14H,9-12H2,(H,29,30). The van der Waals surface area contributed by atoms with Gasteiger partial charge in [-0.3, -0.25) is 4.79 Å². The normalized spacial score (nSPS) is 14.1. The monoisotopic (exact) mass is 439 g/mol. The minimum atomic E-state index is -0.967. The van der Waals surface area contributed by atoms with Gasteiger partial charge < -0.3 is 9.67 Å². The molecule has 0 fully saturated rings. The molecule has 3 aromatic rings. The number of aromatic carboxylic acids is 1. The zero-order valence-corrected chi connectivity index (χ0v) is 17.6. The van der Waals surface area contributed by atoms with Gasteiger partial charge in [-0.15, -0.1) is 0 Å². The maximum Gasteiger partial charge on any atom is 0.335 e. The SMILES string of the molecule is O=C(O)c1ccc(CCn2c(C=C3CCc4ccccc43)c(Cl)cc(Cl)c2=O)cc1. The highest BCUT2D eigenvalue weighted by Crippen LogP contribution is 2.34. The fraction of sp³-hybridized carbons (Fsp3) is 0.167. The smallest absolute Gasteiger partial charge is 0.335 e. The first kappa shape index (κ1) is 20.5. The van der Waals surface area contributed by atoms with Crippen molar-refractivity contribution < 1.29 is 9.90 Å². The second-order valence-corrected chi connectivity index (χ2v) is 8.08. The second-order valence-electron chi connectivity index (χ2n) is 7.26. The predicted molar refractivity (Wildman–Crippen MR) is 120 cm³/mol. The van der Waals surface area contributed by atoms with Gasteiger partial charge in [0.05, 0.1) is 16.3 Å². The Kier molecular flexibility index (Phi) is 5.80. The third-order valence-corrected chi connectivity index (χ3v) is 5.97. The molecule has 6 heteroatoms. The Labute approximate surface area is 184 Å². The lowest BCUT2D eigenvalue weighted by Crippen LogP contribution is -2.24. The van der Waals surface area contributed by atoms with E-state index < -0.39 is 5.97 Å². The van der Waals surface area contributed by atoms with Gasteiger partial charge in [0.1, 0.15) is 5.02 Å². The molecule has 4 rings (SSSR count). The summed E-state index contributed by atoms with van der Waals surface area (Å²) in [6, 6.07) is 16.4. The molecule has 0 spiro atoms. The van der Waals surface area contributed by atoms with E-state index in [4.69, 9.17) is 28.3 Å². The van der Waals surface area contributed by atoms with E-state index in [9.17, 15) is 9.59 Å². The number of allylic oxidation sites excluding steroid dienone is 1. The Morgan fingerprint density at radius 1 is 1.03 bits per heavy atom. The number of fused-ring (bicyclic) bond motifs is 1. The highest BCUT2D eigenvalue weighted by atomic mass is 35.5. The van der Waals surface area contributed by atoms with Crippen LogP contribution >= 0.6 is 23.2 Å². The number of halogens is 2. The van der Waals surface area contributed by atoms with Crippen molar-refractivity contribution in [3.05, 3.63) is 103 Å². The van der Waals surface area contributed by atoms with Gasteiger partial charge in [-0.25, -0.2) is 4.79 Å². The van der Waals surface area contributed by atoms with Gasteiger partial charge in [0, 0.05) is 6.54 Å². The molecule has 0 saturated carbocycles. The summed E-state index contributed by atoms with van der Waals surface area (Å²) in [5, 5.41) is 9.55. The van der Waals surface area contributed by atoms with Crippen LogP contribution in [-0.2, 0) is 19.4 Å².